The number of benzene rings is 1. The molecule has 7 heteroatoms. The van der Waals surface area contributed by atoms with E-state index in [1.165, 1.54) is 0 Å². The van der Waals surface area contributed by atoms with Crippen LogP contribution in [0.25, 0.3) is 22.3 Å². The third-order valence-corrected chi connectivity index (χ3v) is 3.86. The summed E-state index contributed by atoms with van der Waals surface area (Å²) in [5.41, 5.74) is 8.58. The van der Waals surface area contributed by atoms with Gasteiger partial charge in [-0.05, 0) is 18.2 Å². The number of anilines is 1. The Morgan fingerprint density at radius 2 is 1.92 bits per heavy atom. The molecule has 0 aliphatic rings. The number of hydrogen-bond acceptors (Lipinski definition) is 6. The summed E-state index contributed by atoms with van der Waals surface area (Å²) in [5.74, 6) is 1.04. The topological polar surface area (TPSA) is 110 Å². The Kier molecular flexibility index (Phi) is 3.66. The SMILES string of the molecule is Nc1nccc(-c2c[nH]c3nccc(OCc4ccccc4O)c23)n1. The highest BCUT2D eigenvalue weighted by molar-refractivity contribution is 5.97. The maximum absolute atomic E-state index is 9.90. The van der Waals surface area contributed by atoms with Gasteiger partial charge in [0.15, 0.2) is 0 Å². The molecule has 124 valence electrons. The molecular formula is C18H15N5O2. The number of aromatic nitrogens is 4. The lowest BCUT2D eigenvalue weighted by molar-refractivity contribution is 0.302. The molecule has 0 spiro atoms. The van der Waals surface area contributed by atoms with Crippen molar-refractivity contribution in [1.29, 1.82) is 0 Å². The number of phenols is 1. The van der Waals surface area contributed by atoms with Crippen molar-refractivity contribution < 1.29 is 9.84 Å². The molecule has 3 aromatic heterocycles. The van der Waals surface area contributed by atoms with Crippen LogP contribution in [0, 0.1) is 0 Å². The number of nitrogens with two attached hydrogens (primary N) is 1. The second kappa shape index (κ2) is 6.12. The van der Waals surface area contributed by atoms with Gasteiger partial charge in [-0.2, -0.15) is 0 Å². The van der Waals surface area contributed by atoms with Gasteiger partial charge in [0.25, 0.3) is 0 Å². The highest BCUT2D eigenvalue weighted by atomic mass is 16.5. The van der Waals surface area contributed by atoms with E-state index in [1.54, 1.807) is 36.7 Å². The normalized spacial score (nSPS) is 10.9. The number of fused-ring (bicyclic) bond motifs is 1. The fourth-order valence-corrected chi connectivity index (χ4v) is 2.66. The summed E-state index contributed by atoms with van der Waals surface area (Å²) in [6.45, 7) is 0.238. The first kappa shape index (κ1) is 14.9. The van der Waals surface area contributed by atoms with Crippen molar-refractivity contribution in [2.45, 2.75) is 6.61 Å². The molecule has 1 aromatic carbocycles. The molecule has 0 aliphatic heterocycles. The van der Waals surface area contributed by atoms with Crippen molar-refractivity contribution in [3.05, 3.63) is 60.6 Å². The summed E-state index contributed by atoms with van der Waals surface area (Å²) in [5, 5.41) is 10.7. The Morgan fingerprint density at radius 1 is 1.08 bits per heavy atom. The molecule has 0 fully saturated rings. The van der Waals surface area contributed by atoms with Crippen LogP contribution in [0.1, 0.15) is 5.56 Å². The summed E-state index contributed by atoms with van der Waals surface area (Å²) in [6.07, 6.45) is 5.08. The Balaban J connectivity index is 1.74. The first-order valence-electron chi connectivity index (χ1n) is 7.67. The Morgan fingerprint density at radius 3 is 2.76 bits per heavy atom. The molecule has 25 heavy (non-hydrogen) atoms. The molecular weight excluding hydrogens is 318 g/mol. The maximum atomic E-state index is 9.90. The molecule has 4 N–H and O–H groups in total. The van der Waals surface area contributed by atoms with Gasteiger partial charge < -0.3 is 20.6 Å². The molecule has 0 bridgehead atoms. The van der Waals surface area contributed by atoms with E-state index < -0.39 is 0 Å². The number of nitrogens with zero attached hydrogens (tertiary/aromatic N) is 3. The predicted molar refractivity (Wildman–Crippen MR) is 94.0 cm³/mol. The summed E-state index contributed by atoms with van der Waals surface area (Å²) in [6, 6.07) is 10.6. The van der Waals surface area contributed by atoms with E-state index in [0.717, 1.165) is 10.9 Å². The second-order valence-electron chi connectivity index (χ2n) is 5.45. The largest absolute Gasteiger partial charge is 0.508 e. The van der Waals surface area contributed by atoms with Gasteiger partial charge in [-0.25, -0.2) is 15.0 Å². The number of H-pyrrole nitrogens is 1. The molecule has 0 saturated heterocycles. The number of hydrogen-bond donors (Lipinski definition) is 3. The van der Waals surface area contributed by atoms with Gasteiger partial charge in [-0.15, -0.1) is 0 Å². The molecule has 0 saturated carbocycles. The standard InChI is InChI=1S/C18H15N5O2/c19-18-21-7-5-13(23-18)12-9-22-17-16(12)15(6-8-20-17)25-10-11-3-1-2-4-14(11)24/h1-9,24H,10H2,(H,20,22)(H2,19,21,23). The number of rotatable bonds is 4. The van der Waals surface area contributed by atoms with Gasteiger partial charge in [0, 0.05) is 29.7 Å². The molecule has 0 amide bonds. The molecule has 0 radical (unpaired) electrons. The van der Waals surface area contributed by atoms with Crippen LogP contribution in [0.5, 0.6) is 11.5 Å². The van der Waals surface area contributed by atoms with Gasteiger partial charge in [0.05, 0.1) is 11.1 Å². The average molecular weight is 333 g/mol. The van der Waals surface area contributed by atoms with Crippen LogP contribution in [-0.2, 0) is 6.61 Å². The van der Waals surface area contributed by atoms with Crippen LogP contribution < -0.4 is 10.5 Å². The second-order valence-corrected chi connectivity index (χ2v) is 5.45. The fraction of sp³-hybridized carbons (Fsp3) is 0.0556. The number of phenolic OH excluding ortho intramolecular Hbond substituents is 1. The lowest BCUT2D eigenvalue weighted by Gasteiger charge is -2.10. The van der Waals surface area contributed by atoms with Crippen LogP contribution in [0.2, 0.25) is 0 Å². The number of nitrogens with one attached hydrogen (secondary N) is 1. The third kappa shape index (κ3) is 2.83. The van der Waals surface area contributed by atoms with Gasteiger partial charge in [0.1, 0.15) is 23.8 Å². The van der Waals surface area contributed by atoms with Crippen LogP contribution >= 0.6 is 0 Å². The van der Waals surface area contributed by atoms with Crippen molar-refractivity contribution in [3.8, 4) is 22.8 Å². The molecule has 0 aliphatic carbocycles. The first-order chi connectivity index (χ1) is 12.2. The molecule has 3 heterocycles. The molecule has 4 rings (SSSR count). The maximum Gasteiger partial charge on any atom is 0.220 e. The van der Waals surface area contributed by atoms with Crippen LogP contribution in [0.3, 0.4) is 0 Å². The number of nitrogen functional groups attached to an aromatic ring is 1. The van der Waals surface area contributed by atoms with Crippen molar-refractivity contribution >= 4 is 17.0 Å². The highest BCUT2D eigenvalue weighted by Crippen LogP contribution is 2.34. The van der Waals surface area contributed by atoms with Crippen LogP contribution in [0.4, 0.5) is 5.95 Å². The van der Waals surface area contributed by atoms with Crippen LogP contribution in [0.15, 0.2) is 55.0 Å². The van der Waals surface area contributed by atoms with E-state index in [2.05, 4.69) is 19.9 Å². The Hall–Kier alpha value is -3.61. The Bertz CT molecular complexity index is 1040. The zero-order valence-electron chi connectivity index (χ0n) is 13.2. The predicted octanol–water partition coefficient (Wildman–Crippen LogP) is 2.89. The number of ether oxygens (including phenoxy) is 1. The first-order valence-corrected chi connectivity index (χ1v) is 7.67. The smallest absolute Gasteiger partial charge is 0.220 e. The minimum atomic E-state index is 0.200. The zero-order valence-corrected chi connectivity index (χ0v) is 13.2. The van der Waals surface area contributed by atoms with Crippen molar-refractivity contribution in [1.82, 2.24) is 19.9 Å². The van der Waals surface area contributed by atoms with Gasteiger partial charge in [-0.1, -0.05) is 18.2 Å². The number of aromatic amines is 1. The number of pyridine rings is 1. The fourth-order valence-electron chi connectivity index (χ4n) is 2.66. The molecule has 4 aromatic rings. The van der Waals surface area contributed by atoms with Crippen molar-refractivity contribution in [3.63, 3.8) is 0 Å². The molecule has 0 atom stereocenters. The minimum Gasteiger partial charge on any atom is -0.508 e. The van der Waals surface area contributed by atoms with Crippen molar-refractivity contribution in [2.75, 3.05) is 5.73 Å². The average Bonchev–Trinajstić information content (AvgIpc) is 3.06. The van der Waals surface area contributed by atoms with E-state index in [4.69, 9.17) is 10.5 Å². The highest BCUT2D eigenvalue weighted by Gasteiger charge is 2.14. The Labute approximate surface area is 143 Å². The molecule has 7 nitrogen and oxygen atoms in total. The number of para-hydroxylation sites is 1. The van der Waals surface area contributed by atoms with Gasteiger partial charge in [-0.3, -0.25) is 0 Å². The van der Waals surface area contributed by atoms with Crippen molar-refractivity contribution in [2.24, 2.45) is 0 Å². The molecule has 0 unspecified atom stereocenters. The van der Waals surface area contributed by atoms with E-state index in [9.17, 15) is 5.11 Å². The van der Waals surface area contributed by atoms with E-state index >= 15 is 0 Å². The van der Waals surface area contributed by atoms with E-state index in [1.807, 2.05) is 18.3 Å². The minimum absolute atomic E-state index is 0.200. The quantitative estimate of drug-likeness (QED) is 0.530. The zero-order chi connectivity index (χ0) is 17.2. The summed E-state index contributed by atoms with van der Waals surface area (Å²) < 4.78 is 5.94. The summed E-state index contributed by atoms with van der Waals surface area (Å²) in [7, 11) is 0. The number of aromatic hydroxyl groups is 1. The van der Waals surface area contributed by atoms with E-state index in [0.29, 0.717) is 22.7 Å². The van der Waals surface area contributed by atoms with Crippen LogP contribution in [-0.4, -0.2) is 25.0 Å². The lowest BCUT2D eigenvalue weighted by atomic mass is 10.1. The van der Waals surface area contributed by atoms with Gasteiger partial charge >= 0.3 is 0 Å². The van der Waals surface area contributed by atoms with E-state index in [-0.39, 0.29) is 18.3 Å². The lowest BCUT2D eigenvalue weighted by Crippen LogP contribution is -1.98. The summed E-state index contributed by atoms with van der Waals surface area (Å²) in [4.78, 5) is 15.6. The monoisotopic (exact) mass is 333 g/mol. The van der Waals surface area contributed by atoms with Gasteiger partial charge in [0.2, 0.25) is 5.95 Å². The third-order valence-electron chi connectivity index (χ3n) is 3.86. The summed E-state index contributed by atoms with van der Waals surface area (Å²) >= 11 is 0.